The zero-order valence-corrected chi connectivity index (χ0v) is 13.7. The fraction of sp³-hybridized carbons (Fsp3) is 0.350. The van der Waals surface area contributed by atoms with Gasteiger partial charge in [-0.1, -0.05) is 30.7 Å². The Hall–Kier alpha value is -2.33. The first-order valence-electron chi connectivity index (χ1n) is 8.52. The second kappa shape index (κ2) is 7.49. The molecule has 4 heteroatoms. The van der Waals surface area contributed by atoms with Gasteiger partial charge in [0.05, 0.1) is 5.56 Å². The molecule has 2 aromatic carbocycles. The van der Waals surface area contributed by atoms with E-state index in [1.807, 2.05) is 12.1 Å². The number of aryl methyl sites for hydroxylation is 1. The van der Waals surface area contributed by atoms with E-state index in [9.17, 15) is 15.0 Å². The molecule has 0 spiro atoms. The number of carbonyl (C=O) groups is 1. The van der Waals surface area contributed by atoms with Crippen molar-refractivity contribution in [2.24, 2.45) is 0 Å². The molecule has 1 saturated heterocycles. The summed E-state index contributed by atoms with van der Waals surface area (Å²) in [5.41, 5.74) is 2.68. The minimum atomic E-state index is -0.957. The maximum atomic E-state index is 11.4. The summed E-state index contributed by atoms with van der Waals surface area (Å²) in [5.74, 6) is -0.777. The second-order valence-electron chi connectivity index (χ2n) is 6.42. The van der Waals surface area contributed by atoms with E-state index in [4.69, 9.17) is 0 Å². The van der Waals surface area contributed by atoms with Crippen molar-refractivity contribution in [1.82, 2.24) is 5.32 Å². The monoisotopic (exact) mass is 325 g/mol. The zero-order valence-electron chi connectivity index (χ0n) is 13.7. The minimum Gasteiger partial charge on any atom is -0.508 e. The van der Waals surface area contributed by atoms with E-state index in [0.717, 1.165) is 30.5 Å². The van der Waals surface area contributed by atoms with E-state index < -0.39 is 5.97 Å². The average Bonchev–Trinajstić information content (AvgIpc) is 2.60. The van der Waals surface area contributed by atoms with Gasteiger partial charge >= 0.3 is 5.97 Å². The molecule has 4 nitrogen and oxygen atoms in total. The van der Waals surface area contributed by atoms with Crippen LogP contribution in [-0.4, -0.2) is 28.8 Å². The van der Waals surface area contributed by atoms with Crippen LogP contribution in [0, 0.1) is 0 Å². The van der Waals surface area contributed by atoms with Crippen LogP contribution >= 0.6 is 0 Å². The fourth-order valence-electron chi connectivity index (χ4n) is 3.41. The molecule has 1 unspecified atom stereocenters. The van der Waals surface area contributed by atoms with Crippen molar-refractivity contribution in [3.63, 3.8) is 0 Å². The summed E-state index contributed by atoms with van der Waals surface area (Å²) in [4.78, 5) is 11.4. The molecule has 24 heavy (non-hydrogen) atoms. The van der Waals surface area contributed by atoms with Gasteiger partial charge in [-0.2, -0.15) is 0 Å². The molecule has 0 aromatic heterocycles. The van der Waals surface area contributed by atoms with Crippen LogP contribution < -0.4 is 5.32 Å². The van der Waals surface area contributed by atoms with Gasteiger partial charge in [-0.3, -0.25) is 0 Å². The number of rotatable bonds is 5. The Labute approximate surface area is 142 Å². The number of hydrogen-bond acceptors (Lipinski definition) is 3. The predicted molar refractivity (Wildman–Crippen MR) is 94.5 cm³/mol. The van der Waals surface area contributed by atoms with Crippen LogP contribution in [0.2, 0.25) is 0 Å². The number of aromatic hydroxyl groups is 1. The smallest absolute Gasteiger partial charge is 0.336 e. The van der Waals surface area contributed by atoms with Crippen LogP contribution in [-0.2, 0) is 6.42 Å². The third-order valence-electron chi connectivity index (χ3n) is 4.64. The molecule has 0 bridgehead atoms. The Morgan fingerprint density at radius 2 is 2.00 bits per heavy atom. The minimum absolute atomic E-state index is 0.180. The van der Waals surface area contributed by atoms with Crippen molar-refractivity contribution in [1.29, 1.82) is 0 Å². The summed E-state index contributed by atoms with van der Waals surface area (Å²) < 4.78 is 0. The summed E-state index contributed by atoms with van der Waals surface area (Å²) in [6.07, 6.45) is 5.62. The molecule has 0 saturated carbocycles. The number of hydrogen-bond donors (Lipinski definition) is 3. The van der Waals surface area contributed by atoms with Gasteiger partial charge in [-0.05, 0) is 67.1 Å². The van der Waals surface area contributed by atoms with Crippen molar-refractivity contribution in [3.05, 3.63) is 53.6 Å². The molecule has 1 aliphatic heterocycles. The maximum absolute atomic E-state index is 11.4. The van der Waals surface area contributed by atoms with Crippen LogP contribution in [0.1, 0.15) is 41.6 Å². The maximum Gasteiger partial charge on any atom is 0.336 e. The largest absolute Gasteiger partial charge is 0.508 e. The number of phenolic OH excluding ortho intramolecular Hbond substituents is 1. The highest BCUT2D eigenvalue weighted by Crippen LogP contribution is 2.29. The van der Waals surface area contributed by atoms with E-state index in [1.54, 1.807) is 30.3 Å². The predicted octanol–water partition coefficient (Wildman–Crippen LogP) is 3.83. The Morgan fingerprint density at radius 1 is 1.17 bits per heavy atom. The van der Waals surface area contributed by atoms with Gasteiger partial charge in [0.15, 0.2) is 0 Å². The normalized spacial score (nSPS) is 17.6. The highest BCUT2D eigenvalue weighted by Gasteiger charge is 2.14. The molecule has 1 aliphatic rings. The lowest BCUT2D eigenvalue weighted by molar-refractivity contribution is 0.0697. The van der Waals surface area contributed by atoms with E-state index in [1.165, 1.54) is 19.3 Å². The molecular weight excluding hydrogens is 302 g/mol. The first-order valence-corrected chi connectivity index (χ1v) is 8.52. The van der Waals surface area contributed by atoms with E-state index in [2.05, 4.69) is 5.32 Å². The fourth-order valence-corrected chi connectivity index (χ4v) is 3.41. The van der Waals surface area contributed by atoms with Crippen LogP contribution in [0.15, 0.2) is 42.5 Å². The van der Waals surface area contributed by atoms with Gasteiger partial charge in [0, 0.05) is 6.04 Å². The number of carboxylic acid groups (broad SMARTS) is 1. The number of piperidine rings is 1. The summed E-state index contributed by atoms with van der Waals surface area (Å²) in [5, 5.41) is 23.0. The Morgan fingerprint density at radius 3 is 2.75 bits per heavy atom. The van der Waals surface area contributed by atoms with Crippen molar-refractivity contribution >= 4 is 5.97 Å². The average molecular weight is 325 g/mol. The van der Waals surface area contributed by atoms with Gasteiger partial charge in [-0.15, -0.1) is 0 Å². The topological polar surface area (TPSA) is 69.6 Å². The summed E-state index contributed by atoms with van der Waals surface area (Å²) >= 11 is 0. The molecular formula is C20H23NO3. The third kappa shape index (κ3) is 3.95. The Bertz CT molecular complexity index is 721. The van der Waals surface area contributed by atoms with Crippen molar-refractivity contribution in [2.45, 2.75) is 38.1 Å². The summed E-state index contributed by atoms with van der Waals surface area (Å²) in [7, 11) is 0. The Balaban J connectivity index is 1.82. The van der Waals surface area contributed by atoms with E-state index in [0.29, 0.717) is 11.6 Å². The molecule has 1 atom stereocenters. The van der Waals surface area contributed by atoms with Gasteiger partial charge < -0.3 is 15.5 Å². The molecule has 0 radical (unpaired) electrons. The number of benzene rings is 2. The summed E-state index contributed by atoms with van der Waals surface area (Å²) in [6.45, 7) is 1.09. The van der Waals surface area contributed by atoms with E-state index in [-0.39, 0.29) is 11.3 Å². The molecule has 126 valence electrons. The molecule has 1 heterocycles. The van der Waals surface area contributed by atoms with Gasteiger partial charge in [0.1, 0.15) is 5.75 Å². The number of phenols is 1. The van der Waals surface area contributed by atoms with Crippen molar-refractivity contribution < 1.29 is 15.0 Å². The summed E-state index contributed by atoms with van der Waals surface area (Å²) in [6, 6.07) is 12.8. The second-order valence-corrected chi connectivity index (χ2v) is 6.42. The van der Waals surface area contributed by atoms with E-state index >= 15 is 0 Å². The number of carboxylic acids is 1. The first-order chi connectivity index (χ1) is 11.6. The molecule has 1 fully saturated rings. The van der Waals surface area contributed by atoms with Gasteiger partial charge in [0.2, 0.25) is 0 Å². The first kappa shape index (κ1) is 16.5. The lowest BCUT2D eigenvalue weighted by Crippen LogP contribution is -2.34. The quantitative estimate of drug-likeness (QED) is 0.781. The van der Waals surface area contributed by atoms with Crippen LogP contribution in [0.5, 0.6) is 5.75 Å². The van der Waals surface area contributed by atoms with Crippen LogP contribution in [0.3, 0.4) is 0 Å². The third-order valence-corrected chi connectivity index (χ3v) is 4.64. The molecule has 3 rings (SSSR count). The lowest BCUT2D eigenvalue weighted by atomic mass is 9.94. The molecule has 0 aliphatic carbocycles. The highest BCUT2D eigenvalue weighted by atomic mass is 16.4. The molecule has 0 amide bonds. The number of aromatic carboxylic acids is 1. The van der Waals surface area contributed by atoms with Gasteiger partial charge in [-0.25, -0.2) is 4.79 Å². The lowest BCUT2D eigenvalue weighted by Gasteiger charge is -2.23. The van der Waals surface area contributed by atoms with Crippen LogP contribution in [0.25, 0.3) is 11.1 Å². The van der Waals surface area contributed by atoms with Crippen molar-refractivity contribution in [3.8, 4) is 16.9 Å². The van der Waals surface area contributed by atoms with Crippen LogP contribution in [0.4, 0.5) is 0 Å². The van der Waals surface area contributed by atoms with Crippen molar-refractivity contribution in [2.75, 3.05) is 6.54 Å². The SMILES string of the molecule is O=C(O)c1ccccc1-c1cc(O)cc(CCC2CCCCN2)c1. The number of nitrogens with one attached hydrogen (secondary N) is 1. The molecule has 3 N–H and O–H groups in total. The highest BCUT2D eigenvalue weighted by molar-refractivity contribution is 5.96. The molecule has 2 aromatic rings. The van der Waals surface area contributed by atoms with Gasteiger partial charge in [0.25, 0.3) is 0 Å². The standard InChI is InChI=1S/C20H23NO3/c22-17-12-14(8-9-16-5-3-4-10-21-16)11-15(13-17)18-6-1-2-7-19(18)20(23)24/h1-2,6-7,11-13,16,21-22H,3-5,8-10H2,(H,23,24). The zero-order chi connectivity index (χ0) is 16.9. The Kier molecular flexibility index (Phi) is 5.16.